The highest BCUT2D eigenvalue weighted by molar-refractivity contribution is 6.08. The highest BCUT2D eigenvalue weighted by Crippen LogP contribution is 2.40. The third-order valence-electron chi connectivity index (χ3n) is 7.54. The molecule has 0 spiro atoms. The fourth-order valence-corrected chi connectivity index (χ4v) is 5.67. The third kappa shape index (κ3) is 4.75. The quantitative estimate of drug-likeness (QED) is 0.237. The van der Waals surface area contributed by atoms with Crippen molar-refractivity contribution >= 4 is 32.3 Å². The van der Waals surface area contributed by atoms with Gasteiger partial charge in [-0.2, -0.15) is 0 Å². The number of methoxy groups -OCH3 is 2. The molecule has 0 radical (unpaired) electrons. The normalized spacial score (nSPS) is 14.8. The van der Waals surface area contributed by atoms with E-state index in [2.05, 4.69) is 60.4 Å². The van der Waals surface area contributed by atoms with Crippen LogP contribution >= 0.6 is 0 Å². The average molecular weight is 478 g/mol. The Morgan fingerprint density at radius 2 is 1.58 bits per heavy atom. The van der Waals surface area contributed by atoms with Gasteiger partial charge in [-0.05, 0) is 87.9 Å². The van der Waals surface area contributed by atoms with E-state index in [1.54, 1.807) is 37.7 Å². The predicted octanol–water partition coefficient (Wildman–Crippen LogP) is 8.86. The molecule has 1 aliphatic rings. The number of benzene rings is 4. The summed E-state index contributed by atoms with van der Waals surface area (Å²) < 4.78 is 10.4. The summed E-state index contributed by atoms with van der Waals surface area (Å²) in [7, 11) is 3.25. The van der Waals surface area contributed by atoms with E-state index >= 15 is 0 Å². The van der Waals surface area contributed by atoms with Gasteiger partial charge in [0, 0.05) is 17.8 Å². The first-order valence-electron chi connectivity index (χ1n) is 13.1. The Morgan fingerprint density at radius 1 is 0.806 bits per heavy atom. The maximum atomic E-state index is 5.20. The predicted molar refractivity (Wildman–Crippen MR) is 152 cm³/mol. The summed E-state index contributed by atoms with van der Waals surface area (Å²) in [6.45, 7) is 2.30. The van der Waals surface area contributed by atoms with Crippen LogP contribution in [0.3, 0.4) is 0 Å². The number of aromatic nitrogens is 1. The first kappa shape index (κ1) is 24.1. The molecule has 0 saturated heterocycles. The molecule has 1 unspecified atom stereocenters. The number of hydrogen-bond donors (Lipinski definition) is 0. The number of unbranched alkanes of at least 4 members (excludes halogenated alkanes) is 1. The zero-order chi connectivity index (χ0) is 24.9. The molecule has 1 aliphatic carbocycles. The van der Waals surface area contributed by atoms with Gasteiger partial charge in [0.1, 0.15) is 0 Å². The van der Waals surface area contributed by atoms with Gasteiger partial charge < -0.3 is 9.47 Å². The third-order valence-corrected chi connectivity index (χ3v) is 7.54. The van der Waals surface area contributed by atoms with Crippen LogP contribution in [0.4, 0.5) is 0 Å². The number of pyridine rings is 1. The Balaban J connectivity index is 0.000000165. The molecule has 5 aromatic rings. The smallest absolute Gasteiger partial charge is 0.161 e. The van der Waals surface area contributed by atoms with Crippen LogP contribution in [0.25, 0.3) is 32.3 Å². The van der Waals surface area contributed by atoms with E-state index in [9.17, 15) is 0 Å². The molecule has 0 saturated carbocycles. The Bertz CT molecular complexity index is 1450. The minimum absolute atomic E-state index is 0.730. The summed E-state index contributed by atoms with van der Waals surface area (Å²) >= 11 is 0. The molecular weight excluding hydrogens is 442 g/mol. The maximum Gasteiger partial charge on any atom is 0.161 e. The van der Waals surface area contributed by atoms with Crippen LogP contribution in [0.15, 0.2) is 79.1 Å². The van der Waals surface area contributed by atoms with E-state index in [1.165, 1.54) is 60.1 Å². The van der Waals surface area contributed by atoms with Crippen LogP contribution in [-0.2, 0) is 6.42 Å². The molecule has 0 amide bonds. The topological polar surface area (TPSA) is 31.4 Å². The molecule has 1 heterocycles. The van der Waals surface area contributed by atoms with Gasteiger partial charge in [0.05, 0.1) is 14.2 Å². The van der Waals surface area contributed by atoms with Gasteiger partial charge in [0.25, 0.3) is 0 Å². The minimum Gasteiger partial charge on any atom is -0.493 e. The van der Waals surface area contributed by atoms with E-state index in [1.807, 2.05) is 18.2 Å². The Kier molecular flexibility index (Phi) is 7.36. The molecule has 184 valence electrons. The summed E-state index contributed by atoms with van der Waals surface area (Å²) in [6, 6.07) is 24.0. The Morgan fingerprint density at radius 3 is 2.39 bits per heavy atom. The molecular formula is C33H35NO2. The van der Waals surface area contributed by atoms with Gasteiger partial charge in [-0.3, -0.25) is 4.98 Å². The molecule has 3 nitrogen and oxygen atoms in total. The van der Waals surface area contributed by atoms with Crippen molar-refractivity contribution in [1.29, 1.82) is 0 Å². The molecule has 0 bridgehead atoms. The standard InChI is InChI=1S/C22H24.C11H11NO2/c1-2-3-7-16-9-6-11-20-19(16)14-15-21-18-10-5-4-8-17(18)12-13-22(20)21;1-13-10-5-8-3-4-12-7-9(8)6-11(10)14-2/h4-5,8,10,12-16H,2-3,6-7,9,11H2,1H3;3-7H,1-2H3. The van der Waals surface area contributed by atoms with Crippen molar-refractivity contribution < 1.29 is 9.47 Å². The van der Waals surface area contributed by atoms with Crippen molar-refractivity contribution in [3.63, 3.8) is 0 Å². The monoisotopic (exact) mass is 477 g/mol. The number of nitrogens with zero attached hydrogens (tertiary/aromatic N) is 1. The first-order valence-corrected chi connectivity index (χ1v) is 13.1. The van der Waals surface area contributed by atoms with E-state index in [0.29, 0.717) is 0 Å². The second-order valence-electron chi connectivity index (χ2n) is 9.68. The Hall–Kier alpha value is -3.59. The summed E-state index contributed by atoms with van der Waals surface area (Å²) in [5, 5.41) is 7.83. The van der Waals surface area contributed by atoms with Crippen LogP contribution in [-0.4, -0.2) is 19.2 Å². The van der Waals surface area contributed by atoms with Crippen molar-refractivity contribution in [2.24, 2.45) is 0 Å². The zero-order valence-corrected chi connectivity index (χ0v) is 21.6. The van der Waals surface area contributed by atoms with Crippen molar-refractivity contribution in [2.45, 2.75) is 51.4 Å². The van der Waals surface area contributed by atoms with Crippen LogP contribution in [0, 0.1) is 0 Å². The summed E-state index contributed by atoms with van der Waals surface area (Å²) in [5.74, 6) is 2.26. The lowest BCUT2D eigenvalue weighted by Crippen LogP contribution is -2.10. The highest BCUT2D eigenvalue weighted by Gasteiger charge is 2.21. The fraction of sp³-hybridized carbons (Fsp3) is 0.303. The van der Waals surface area contributed by atoms with E-state index in [4.69, 9.17) is 9.47 Å². The first-order chi connectivity index (χ1) is 17.7. The van der Waals surface area contributed by atoms with Crippen molar-refractivity contribution in [3.05, 3.63) is 90.3 Å². The maximum absolute atomic E-state index is 5.20. The summed E-state index contributed by atoms with van der Waals surface area (Å²) in [5.41, 5.74) is 3.28. The lowest BCUT2D eigenvalue weighted by molar-refractivity contribution is 0.356. The number of rotatable bonds is 5. The van der Waals surface area contributed by atoms with E-state index in [-0.39, 0.29) is 0 Å². The van der Waals surface area contributed by atoms with Gasteiger partial charge in [-0.15, -0.1) is 0 Å². The van der Waals surface area contributed by atoms with Crippen LogP contribution in [0.2, 0.25) is 0 Å². The zero-order valence-electron chi connectivity index (χ0n) is 21.6. The number of ether oxygens (including phenoxy) is 2. The number of hydrogen-bond acceptors (Lipinski definition) is 3. The SMILES string of the molecule is CCCCC1CCCc2c1ccc1c2ccc2ccccc21.COc1cc2ccncc2cc1OC. The van der Waals surface area contributed by atoms with Gasteiger partial charge in [-0.25, -0.2) is 0 Å². The van der Waals surface area contributed by atoms with Gasteiger partial charge >= 0.3 is 0 Å². The largest absolute Gasteiger partial charge is 0.493 e. The van der Waals surface area contributed by atoms with Crippen LogP contribution in [0.5, 0.6) is 11.5 Å². The average Bonchev–Trinajstić information content (AvgIpc) is 2.95. The fourth-order valence-electron chi connectivity index (χ4n) is 5.67. The summed E-state index contributed by atoms with van der Waals surface area (Å²) in [6.07, 6.45) is 11.6. The van der Waals surface area contributed by atoms with E-state index < -0.39 is 0 Å². The molecule has 0 fully saturated rings. The second kappa shape index (κ2) is 11.0. The van der Waals surface area contributed by atoms with Crippen molar-refractivity contribution in [2.75, 3.05) is 14.2 Å². The van der Waals surface area contributed by atoms with Crippen molar-refractivity contribution in [3.8, 4) is 11.5 Å². The molecule has 4 aromatic carbocycles. The van der Waals surface area contributed by atoms with Crippen LogP contribution < -0.4 is 9.47 Å². The summed E-state index contributed by atoms with van der Waals surface area (Å²) in [4.78, 5) is 4.05. The molecule has 1 aromatic heterocycles. The highest BCUT2D eigenvalue weighted by atomic mass is 16.5. The van der Waals surface area contributed by atoms with Crippen molar-refractivity contribution in [1.82, 2.24) is 4.98 Å². The lowest BCUT2D eigenvalue weighted by atomic mass is 9.78. The molecule has 3 heteroatoms. The van der Waals surface area contributed by atoms with E-state index in [0.717, 1.165) is 28.2 Å². The molecule has 0 N–H and O–H groups in total. The minimum atomic E-state index is 0.730. The van der Waals surface area contributed by atoms with Gasteiger partial charge in [0.2, 0.25) is 0 Å². The van der Waals surface area contributed by atoms with Gasteiger partial charge in [-0.1, -0.05) is 68.3 Å². The number of fused-ring (bicyclic) bond motifs is 6. The molecule has 6 rings (SSSR count). The second-order valence-corrected chi connectivity index (χ2v) is 9.68. The number of aryl methyl sites for hydroxylation is 1. The molecule has 0 aliphatic heterocycles. The van der Waals surface area contributed by atoms with Crippen LogP contribution in [0.1, 0.15) is 56.1 Å². The van der Waals surface area contributed by atoms with Gasteiger partial charge in [0.15, 0.2) is 11.5 Å². The molecule has 1 atom stereocenters. The lowest BCUT2D eigenvalue weighted by Gasteiger charge is -2.27. The Labute approximate surface area is 214 Å². The molecule has 36 heavy (non-hydrogen) atoms.